The van der Waals surface area contributed by atoms with Crippen LogP contribution in [0.25, 0.3) is 0 Å². The van der Waals surface area contributed by atoms with Crippen molar-refractivity contribution in [2.45, 2.75) is 33.2 Å². The number of hydrogen-bond donors (Lipinski definition) is 2. The van der Waals surface area contributed by atoms with Crippen LogP contribution in [0.15, 0.2) is 24.3 Å². The molecule has 0 radical (unpaired) electrons. The molecule has 0 saturated carbocycles. The molecule has 17 heavy (non-hydrogen) atoms. The first-order valence-corrected chi connectivity index (χ1v) is 6.05. The average molecular weight is 239 g/mol. The van der Waals surface area contributed by atoms with Crippen molar-refractivity contribution >= 4 is 0 Å². The zero-order valence-electron chi connectivity index (χ0n) is 10.8. The number of benzene rings is 1. The third-order valence-corrected chi connectivity index (χ3v) is 2.75. The summed E-state index contributed by atoms with van der Waals surface area (Å²) in [6, 6.07) is 6.77. The van der Waals surface area contributed by atoms with Gasteiger partial charge in [0.1, 0.15) is 5.82 Å². The summed E-state index contributed by atoms with van der Waals surface area (Å²) in [6.45, 7) is 7.38. The summed E-state index contributed by atoms with van der Waals surface area (Å²) in [6.07, 6.45) is 0.730. The van der Waals surface area contributed by atoms with Gasteiger partial charge in [-0.25, -0.2) is 4.39 Å². The Balaban J connectivity index is 2.79. The molecule has 0 aliphatic heterocycles. The molecular weight excluding hydrogens is 217 g/mol. The topological polar surface area (TPSA) is 32.3 Å². The number of halogens is 1. The second-order valence-corrected chi connectivity index (χ2v) is 5.38. The molecule has 1 rings (SSSR count). The zero-order valence-corrected chi connectivity index (χ0v) is 10.8. The highest BCUT2D eigenvalue weighted by atomic mass is 19.1. The van der Waals surface area contributed by atoms with Crippen LogP contribution < -0.4 is 5.32 Å². The van der Waals surface area contributed by atoms with E-state index in [-0.39, 0.29) is 23.9 Å². The van der Waals surface area contributed by atoms with E-state index in [2.05, 4.69) is 26.1 Å². The lowest BCUT2D eigenvalue weighted by atomic mass is 9.82. The Morgan fingerprint density at radius 2 is 1.82 bits per heavy atom. The minimum Gasteiger partial charge on any atom is -0.396 e. The molecule has 3 heteroatoms. The Bertz CT molecular complexity index is 329. The predicted octanol–water partition coefficient (Wildman–Crippen LogP) is 2.88. The van der Waals surface area contributed by atoms with E-state index in [1.807, 2.05) is 12.1 Å². The molecular formula is C14H22FNO. The Morgan fingerprint density at radius 3 is 2.29 bits per heavy atom. The van der Waals surface area contributed by atoms with Crippen LogP contribution >= 0.6 is 0 Å². The van der Waals surface area contributed by atoms with E-state index in [1.54, 1.807) is 0 Å². The molecule has 2 nitrogen and oxygen atoms in total. The molecule has 1 aromatic carbocycles. The highest BCUT2D eigenvalue weighted by Gasteiger charge is 2.25. The predicted molar refractivity (Wildman–Crippen MR) is 68.3 cm³/mol. The highest BCUT2D eigenvalue weighted by molar-refractivity contribution is 5.21. The van der Waals surface area contributed by atoms with E-state index >= 15 is 0 Å². The fourth-order valence-corrected chi connectivity index (χ4v) is 1.90. The van der Waals surface area contributed by atoms with Crippen molar-refractivity contribution in [1.29, 1.82) is 0 Å². The van der Waals surface area contributed by atoms with Gasteiger partial charge in [0.05, 0.1) is 0 Å². The van der Waals surface area contributed by atoms with Crippen LogP contribution in [0.2, 0.25) is 0 Å². The maximum absolute atomic E-state index is 12.9. The molecule has 0 bridgehead atoms. The number of aliphatic hydroxyl groups excluding tert-OH is 1. The van der Waals surface area contributed by atoms with Crippen molar-refractivity contribution in [3.8, 4) is 0 Å². The number of rotatable bonds is 5. The van der Waals surface area contributed by atoms with Gasteiger partial charge < -0.3 is 10.4 Å². The average Bonchev–Trinajstić information content (AvgIpc) is 2.25. The molecule has 0 heterocycles. The molecule has 0 aliphatic rings. The van der Waals surface area contributed by atoms with E-state index in [1.165, 1.54) is 12.1 Å². The minimum absolute atomic E-state index is 0.0489. The Morgan fingerprint density at radius 1 is 1.24 bits per heavy atom. The monoisotopic (exact) mass is 239 g/mol. The third kappa shape index (κ3) is 4.44. The second kappa shape index (κ2) is 6.12. The van der Waals surface area contributed by atoms with Crippen LogP contribution in [0.4, 0.5) is 4.39 Å². The van der Waals surface area contributed by atoms with Crippen molar-refractivity contribution < 1.29 is 9.50 Å². The van der Waals surface area contributed by atoms with Crippen molar-refractivity contribution in [3.05, 3.63) is 35.6 Å². The molecule has 2 N–H and O–H groups in total. The van der Waals surface area contributed by atoms with Crippen molar-refractivity contribution in [2.24, 2.45) is 5.41 Å². The maximum Gasteiger partial charge on any atom is 0.123 e. The number of nitrogens with one attached hydrogen (secondary N) is 1. The van der Waals surface area contributed by atoms with Crippen molar-refractivity contribution in [3.63, 3.8) is 0 Å². The first-order valence-electron chi connectivity index (χ1n) is 6.05. The van der Waals surface area contributed by atoms with Crippen LogP contribution in [0.3, 0.4) is 0 Å². The van der Waals surface area contributed by atoms with Crippen LogP contribution in [-0.2, 0) is 0 Å². The summed E-state index contributed by atoms with van der Waals surface area (Å²) in [5, 5.41) is 12.2. The molecule has 96 valence electrons. The molecule has 0 aliphatic carbocycles. The first-order chi connectivity index (χ1) is 7.95. The van der Waals surface area contributed by atoms with Gasteiger partial charge in [0, 0.05) is 12.6 Å². The van der Waals surface area contributed by atoms with E-state index in [0.29, 0.717) is 0 Å². The first kappa shape index (κ1) is 14.1. The number of hydrogen-bond acceptors (Lipinski definition) is 2. The fraction of sp³-hybridized carbons (Fsp3) is 0.571. The van der Waals surface area contributed by atoms with Gasteiger partial charge in [-0.2, -0.15) is 0 Å². The summed E-state index contributed by atoms with van der Waals surface area (Å²) < 4.78 is 12.9. The molecule has 0 amide bonds. The summed E-state index contributed by atoms with van der Waals surface area (Å²) in [7, 11) is 0. The van der Waals surface area contributed by atoms with Gasteiger partial charge in [0.15, 0.2) is 0 Å². The third-order valence-electron chi connectivity index (χ3n) is 2.75. The molecule has 0 aromatic heterocycles. The standard InChI is InChI=1S/C14H22FNO/c1-14(2,3)13(16-9-4-10-17)11-5-7-12(15)8-6-11/h5-8,13,16-17H,4,9-10H2,1-3H3. The summed E-state index contributed by atoms with van der Waals surface area (Å²) in [5.74, 6) is -0.211. The molecule has 0 saturated heterocycles. The van der Waals surface area contributed by atoms with Gasteiger partial charge in [-0.15, -0.1) is 0 Å². The van der Waals surface area contributed by atoms with Crippen molar-refractivity contribution in [1.82, 2.24) is 5.32 Å². The van der Waals surface area contributed by atoms with Crippen molar-refractivity contribution in [2.75, 3.05) is 13.2 Å². The fourth-order valence-electron chi connectivity index (χ4n) is 1.90. The van der Waals surface area contributed by atoms with Crippen LogP contribution in [0.5, 0.6) is 0 Å². The lowest BCUT2D eigenvalue weighted by Gasteiger charge is -2.32. The van der Waals surface area contributed by atoms with Crippen LogP contribution in [-0.4, -0.2) is 18.3 Å². The molecule has 0 spiro atoms. The van der Waals surface area contributed by atoms with Gasteiger partial charge >= 0.3 is 0 Å². The molecule has 1 atom stereocenters. The largest absolute Gasteiger partial charge is 0.396 e. The second-order valence-electron chi connectivity index (χ2n) is 5.38. The van der Waals surface area contributed by atoms with Gasteiger partial charge in [-0.3, -0.25) is 0 Å². The maximum atomic E-state index is 12.9. The van der Waals surface area contributed by atoms with E-state index in [9.17, 15) is 4.39 Å². The Hall–Kier alpha value is -0.930. The number of aliphatic hydroxyl groups is 1. The lowest BCUT2D eigenvalue weighted by Crippen LogP contribution is -2.33. The molecule has 1 unspecified atom stereocenters. The highest BCUT2D eigenvalue weighted by Crippen LogP contribution is 2.32. The van der Waals surface area contributed by atoms with Gasteiger partial charge in [-0.05, 0) is 36.1 Å². The quantitative estimate of drug-likeness (QED) is 0.774. The Labute approximate surface area is 103 Å². The molecule has 1 aromatic rings. The normalized spacial score (nSPS) is 13.7. The van der Waals surface area contributed by atoms with E-state index in [4.69, 9.17) is 5.11 Å². The minimum atomic E-state index is -0.211. The smallest absolute Gasteiger partial charge is 0.123 e. The van der Waals surface area contributed by atoms with Crippen LogP contribution in [0.1, 0.15) is 38.8 Å². The van der Waals surface area contributed by atoms with E-state index < -0.39 is 0 Å². The van der Waals surface area contributed by atoms with Gasteiger partial charge in [0.25, 0.3) is 0 Å². The summed E-state index contributed by atoms with van der Waals surface area (Å²) >= 11 is 0. The Kier molecular flexibility index (Phi) is 5.09. The van der Waals surface area contributed by atoms with Gasteiger partial charge in [-0.1, -0.05) is 32.9 Å². The summed E-state index contributed by atoms with van der Waals surface area (Å²) in [5.41, 5.74) is 1.13. The lowest BCUT2D eigenvalue weighted by molar-refractivity contribution is 0.249. The summed E-state index contributed by atoms with van der Waals surface area (Å²) in [4.78, 5) is 0. The zero-order chi connectivity index (χ0) is 12.9. The SMILES string of the molecule is CC(C)(C)C(NCCCO)c1ccc(F)cc1. The van der Waals surface area contributed by atoms with E-state index in [0.717, 1.165) is 18.5 Å². The molecule has 0 fully saturated rings. The van der Waals surface area contributed by atoms with Crippen LogP contribution in [0, 0.1) is 11.2 Å². The van der Waals surface area contributed by atoms with Gasteiger partial charge in [0.2, 0.25) is 0 Å².